The monoisotopic (exact) mass is 257 g/mol. The molecule has 0 atom stereocenters. The Balaban J connectivity index is 2.67. The van der Waals surface area contributed by atoms with Crippen LogP contribution in [-0.4, -0.2) is 19.7 Å². The summed E-state index contributed by atoms with van der Waals surface area (Å²) in [5.41, 5.74) is 0.540. The number of benzene rings is 2. The lowest BCUT2D eigenvalue weighted by Gasteiger charge is -2.08. The van der Waals surface area contributed by atoms with Crippen molar-refractivity contribution < 1.29 is 8.42 Å². The normalized spacial score (nSPS) is 12.1. The van der Waals surface area contributed by atoms with E-state index in [2.05, 4.69) is 4.98 Å². The highest BCUT2D eigenvalue weighted by molar-refractivity contribution is 7.91. The van der Waals surface area contributed by atoms with Crippen LogP contribution in [0.2, 0.25) is 0 Å². The van der Waals surface area contributed by atoms with Crippen molar-refractivity contribution in [1.82, 2.24) is 4.98 Å². The minimum Gasteiger partial charge on any atom is -0.255 e. The summed E-state index contributed by atoms with van der Waals surface area (Å²) in [6.45, 7) is 0. The van der Waals surface area contributed by atoms with Gasteiger partial charge in [0.2, 0.25) is 0 Å². The van der Waals surface area contributed by atoms with Gasteiger partial charge in [0.05, 0.1) is 5.52 Å². The second kappa shape index (κ2) is 3.78. The molecule has 0 bridgehead atoms. The molecule has 0 fully saturated rings. The number of hydrogen-bond acceptors (Lipinski definition) is 3. The van der Waals surface area contributed by atoms with Crippen molar-refractivity contribution in [3.63, 3.8) is 0 Å². The fourth-order valence-electron chi connectivity index (χ4n) is 2.22. The number of fused-ring (bicyclic) bond motifs is 2. The van der Waals surface area contributed by atoms with Gasteiger partial charge in [-0.15, -0.1) is 0 Å². The molecule has 90 valence electrons. The van der Waals surface area contributed by atoms with Crippen molar-refractivity contribution >= 4 is 31.5 Å². The van der Waals surface area contributed by atoms with Crippen LogP contribution in [0.3, 0.4) is 0 Å². The van der Waals surface area contributed by atoms with Crippen LogP contribution in [0.5, 0.6) is 0 Å². The molecule has 1 aromatic heterocycles. The summed E-state index contributed by atoms with van der Waals surface area (Å²) in [4.78, 5) is 4.53. The van der Waals surface area contributed by atoms with Gasteiger partial charge in [0.25, 0.3) is 0 Å². The summed E-state index contributed by atoms with van der Waals surface area (Å²) in [6, 6.07) is 13.1. The predicted octanol–water partition coefficient (Wildman–Crippen LogP) is 2.79. The third-order valence-electron chi connectivity index (χ3n) is 2.94. The van der Waals surface area contributed by atoms with E-state index in [4.69, 9.17) is 0 Å². The fraction of sp³-hybridized carbons (Fsp3) is 0.0714. The van der Waals surface area contributed by atoms with Crippen LogP contribution in [0.4, 0.5) is 0 Å². The van der Waals surface area contributed by atoms with Crippen molar-refractivity contribution in [3.05, 3.63) is 48.7 Å². The zero-order valence-corrected chi connectivity index (χ0v) is 10.6. The van der Waals surface area contributed by atoms with E-state index in [0.717, 1.165) is 16.2 Å². The van der Waals surface area contributed by atoms with Crippen LogP contribution in [-0.2, 0) is 9.84 Å². The molecule has 3 rings (SSSR count). The Morgan fingerprint density at radius 2 is 1.72 bits per heavy atom. The second-order valence-corrected chi connectivity index (χ2v) is 6.23. The first-order chi connectivity index (χ1) is 8.57. The first-order valence-corrected chi connectivity index (χ1v) is 7.43. The van der Waals surface area contributed by atoms with Gasteiger partial charge in [0.1, 0.15) is 4.90 Å². The second-order valence-electron chi connectivity index (χ2n) is 4.27. The van der Waals surface area contributed by atoms with Gasteiger partial charge in [-0.3, -0.25) is 4.98 Å². The topological polar surface area (TPSA) is 47.0 Å². The van der Waals surface area contributed by atoms with Gasteiger partial charge >= 0.3 is 0 Å². The first-order valence-electron chi connectivity index (χ1n) is 5.54. The molecule has 0 radical (unpaired) electrons. The van der Waals surface area contributed by atoms with E-state index in [0.29, 0.717) is 10.4 Å². The Morgan fingerprint density at radius 1 is 1.00 bits per heavy atom. The highest BCUT2D eigenvalue weighted by Crippen LogP contribution is 2.30. The van der Waals surface area contributed by atoms with Crippen molar-refractivity contribution in [2.45, 2.75) is 4.90 Å². The molecule has 0 spiro atoms. The van der Waals surface area contributed by atoms with Crippen LogP contribution in [0.1, 0.15) is 0 Å². The zero-order chi connectivity index (χ0) is 12.8. The maximum atomic E-state index is 12.0. The van der Waals surface area contributed by atoms with Gasteiger partial charge in [0.15, 0.2) is 9.84 Å². The Bertz CT molecular complexity index is 800. The third-order valence-corrected chi connectivity index (χ3v) is 4.10. The molecule has 3 aromatic rings. The molecule has 0 saturated heterocycles. The van der Waals surface area contributed by atoms with Crippen molar-refractivity contribution in [1.29, 1.82) is 0 Å². The number of sulfone groups is 1. The molecule has 1 heterocycles. The largest absolute Gasteiger partial charge is 0.255 e. The molecule has 0 amide bonds. The van der Waals surface area contributed by atoms with Crippen LogP contribution in [0.25, 0.3) is 21.7 Å². The standard InChI is InChI=1S/C14H11NO2S/c1-18(16,17)14-12-7-3-2-5-10(12)9-11-6-4-8-15-13(11)14/h2-9H,1H3. The van der Waals surface area contributed by atoms with Crippen LogP contribution >= 0.6 is 0 Å². The van der Waals surface area contributed by atoms with Gasteiger partial charge in [-0.05, 0) is 17.5 Å². The summed E-state index contributed by atoms with van der Waals surface area (Å²) >= 11 is 0. The maximum Gasteiger partial charge on any atom is 0.178 e. The number of nitrogens with zero attached hydrogens (tertiary/aromatic N) is 1. The highest BCUT2D eigenvalue weighted by Gasteiger charge is 2.17. The fourth-order valence-corrected chi connectivity index (χ4v) is 3.33. The molecular formula is C14H11NO2S. The molecule has 2 aromatic carbocycles. The quantitative estimate of drug-likeness (QED) is 0.630. The minimum absolute atomic E-state index is 0.316. The number of rotatable bonds is 1. The average Bonchev–Trinajstić information content (AvgIpc) is 2.34. The Kier molecular flexibility index (Phi) is 2.35. The predicted molar refractivity (Wildman–Crippen MR) is 72.4 cm³/mol. The number of aromatic nitrogens is 1. The Morgan fingerprint density at radius 3 is 2.50 bits per heavy atom. The number of hydrogen-bond donors (Lipinski definition) is 0. The molecule has 0 aliphatic rings. The Labute approximate surface area is 105 Å². The van der Waals surface area contributed by atoms with Gasteiger partial charge in [-0.1, -0.05) is 30.3 Å². The van der Waals surface area contributed by atoms with Crippen LogP contribution in [0, 0.1) is 0 Å². The molecule has 4 heteroatoms. The van der Waals surface area contributed by atoms with Crippen molar-refractivity contribution in [2.24, 2.45) is 0 Å². The molecule has 0 aliphatic heterocycles. The maximum absolute atomic E-state index is 12.0. The van der Waals surface area contributed by atoms with E-state index in [1.54, 1.807) is 6.20 Å². The van der Waals surface area contributed by atoms with Crippen LogP contribution in [0.15, 0.2) is 53.6 Å². The van der Waals surface area contributed by atoms with Crippen LogP contribution < -0.4 is 0 Å². The lowest BCUT2D eigenvalue weighted by Crippen LogP contribution is -2.00. The summed E-state index contributed by atoms with van der Waals surface area (Å²) < 4.78 is 24.0. The Hall–Kier alpha value is -1.94. The van der Waals surface area contributed by atoms with E-state index in [1.807, 2.05) is 42.5 Å². The molecule has 0 saturated carbocycles. The summed E-state index contributed by atoms with van der Waals surface area (Å²) in [6.07, 6.45) is 2.84. The van der Waals surface area contributed by atoms with E-state index < -0.39 is 9.84 Å². The van der Waals surface area contributed by atoms with Gasteiger partial charge in [-0.2, -0.15) is 0 Å². The summed E-state index contributed by atoms with van der Waals surface area (Å²) in [5.74, 6) is 0. The van der Waals surface area contributed by atoms with Crippen molar-refractivity contribution in [2.75, 3.05) is 6.26 Å². The highest BCUT2D eigenvalue weighted by atomic mass is 32.2. The molecule has 18 heavy (non-hydrogen) atoms. The lowest BCUT2D eigenvalue weighted by atomic mass is 10.1. The van der Waals surface area contributed by atoms with Crippen molar-refractivity contribution in [3.8, 4) is 0 Å². The first kappa shape index (κ1) is 11.2. The lowest BCUT2D eigenvalue weighted by molar-refractivity contribution is 0.603. The van der Waals surface area contributed by atoms with Gasteiger partial charge < -0.3 is 0 Å². The van der Waals surface area contributed by atoms with E-state index in [-0.39, 0.29) is 0 Å². The minimum atomic E-state index is -3.32. The third kappa shape index (κ3) is 1.66. The SMILES string of the molecule is CS(=O)(=O)c1c2ccccc2cc2cccnc12. The summed E-state index contributed by atoms with van der Waals surface area (Å²) in [7, 11) is -3.32. The molecule has 0 aliphatic carbocycles. The summed E-state index contributed by atoms with van der Waals surface area (Å²) in [5, 5.41) is 2.49. The van der Waals surface area contributed by atoms with E-state index in [1.165, 1.54) is 6.26 Å². The zero-order valence-electron chi connectivity index (χ0n) is 9.79. The molecule has 0 unspecified atom stereocenters. The van der Waals surface area contributed by atoms with E-state index >= 15 is 0 Å². The molecule has 0 N–H and O–H groups in total. The molecule has 3 nitrogen and oxygen atoms in total. The van der Waals surface area contributed by atoms with Gasteiger partial charge in [-0.25, -0.2) is 8.42 Å². The smallest absolute Gasteiger partial charge is 0.178 e. The van der Waals surface area contributed by atoms with Gasteiger partial charge in [0, 0.05) is 23.2 Å². The average molecular weight is 257 g/mol. The number of pyridine rings is 1. The van der Waals surface area contributed by atoms with E-state index in [9.17, 15) is 8.42 Å². The molecular weight excluding hydrogens is 246 g/mol.